The van der Waals surface area contributed by atoms with Crippen LogP contribution in [0.5, 0.6) is 0 Å². The van der Waals surface area contributed by atoms with Crippen LogP contribution in [0.4, 0.5) is 10.8 Å². The molecule has 0 radical (unpaired) electrons. The predicted molar refractivity (Wildman–Crippen MR) is 172 cm³/mol. The Morgan fingerprint density at radius 3 is 2.34 bits per heavy atom. The number of rotatable bonds is 9. The Bertz CT molecular complexity index is 1690. The van der Waals surface area contributed by atoms with Crippen molar-refractivity contribution >= 4 is 75.0 Å². The number of thioether (sulfide) groups is 1. The normalized spacial score (nSPS) is 11.8. The summed E-state index contributed by atoms with van der Waals surface area (Å²) >= 11 is 14.9. The molecule has 0 aliphatic heterocycles. The zero-order valence-corrected chi connectivity index (χ0v) is 24.6. The van der Waals surface area contributed by atoms with E-state index in [0.29, 0.717) is 26.6 Å². The van der Waals surface area contributed by atoms with Gasteiger partial charge in [0, 0.05) is 27.6 Å². The Balaban J connectivity index is 1.30. The summed E-state index contributed by atoms with van der Waals surface area (Å²) in [6.07, 6.45) is 3.25. The number of amides is 2. The first-order valence-electron chi connectivity index (χ1n) is 12.5. The van der Waals surface area contributed by atoms with E-state index in [1.54, 1.807) is 18.2 Å². The minimum atomic E-state index is -0.558. The van der Waals surface area contributed by atoms with Crippen molar-refractivity contribution in [2.75, 3.05) is 10.6 Å². The number of halogens is 2. The van der Waals surface area contributed by atoms with Gasteiger partial charge < -0.3 is 10.6 Å². The second-order valence-corrected chi connectivity index (χ2v) is 11.7. The molecule has 5 rings (SSSR count). The first kappa shape index (κ1) is 28.6. The lowest BCUT2D eigenvalue weighted by Gasteiger charge is -2.17. The Kier molecular flexibility index (Phi) is 9.54. The van der Waals surface area contributed by atoms with Gasteiger partial charge in [0.15, 0.2) is 5.13 Å². The number of nitrogens with one attached hydrogen (secondary N) is 2. The van der Waals surface area contributed by atoms with Crippen LogP contribution in [-0.4, -0.2) is 16.8 Å². The SMILES string of the molecule is O=C(/C=C/c1ccccc1)Nc1cccc(SC(C(=O)Nc2nc(-c3ccc(Cl)c(Cl)c3)cs2)c2ccccc2)c1. The van der Waals surface area contributed by atoms with Gasteiger partial charge >= 0.3 is 0 Å². The number of carbonyl (C=O) groups is 2. The van der Waals surface area contributed by atoms with Crippen LogP contribution in [0.2, 0.25) is 10.0 Å². The smallest absolute Gasteiger partial charge is 0.248 e. The standard InChI is InChI=1S/C32H23Cl2N3O2S2/c33-26-16-15-23(18-27(26)34)28-20-40-32(36-28)37-31(39)30(22-10-5-2-6-11-22)41-25-13-7-12-24(19-25)35-29(38)17-14-21-8-3-1-4-9-21/h1-20,30H,(H,35,38)(H,36,37,39)/b17-14+. The van der Waals surface area contributed by atoms with Crippen molar-refractivity contribution in [2.24, 2.45) is 0 Å². The van der Waals surface area contributed by atoms with Crippen LogP contribution in [0, 0.1) is 0 Å². The fourth-order valence-electron chi connectivity index (χ4n) is 3.89. The third kappa shape index (κ3) is 7.86. The Labute approximate surface area is 256 Å². The molecule has 0 spiro atoms. The number of carbonyl (C=O) groups excluding carboxylic acids is 2. The molecular formula is C32H23Cl2N3O2S2. The Morgan fingerprint density at radius 1 is 0.829 bits per heavy atom. The van der Waals surface area contributed by atoms with Crippen LogP contribution in [0.15, 0.2) is 119 Å². The highest BCUT2D eigenvalue weighted by Gasteiger charge is 2.23. The van der Waals surface area contributed by atoms with Gasteiger partial charge in [0.1, 0.15) is 5.25 Å². The molecule has 1 heterocycles. The number of anilines is 2. The molecule has 9 heteroatoms. The average molecular weight is 617 g/mol. The van der Waals surface area contributed by atoms with Crippen molar-refractivity contribution in [3.8, 4) is 11.3 Å². The fraction of sp³-hybridized carbons (Fsp3) is 0.0312. The van der Waals surface area contributed by atoms with Crippen LogP contribution >= 0.6 is 46.3 Å². The van der Waals surface area contributed by atoms with Gasteiger partial charge in [-0.1, -0.05) is 96.0 Å². The van der Waals surface area contributed by atoms with Crippen molar-refractivity contribution in [1.29, 1.82) is 0 Å². The van der Waals surface area contributed by atoms with Gasteiger partial charge in [0.2, 0.25) is 11.8 Å². The maximum Gasteiger partial charge on any atom is 0.248 e. The lowest BCUT2D eigenvalue weighted by atomic mass is 10.1. The average Bonchev–Trinajstić information content (AvgIpc) is 3.46. The monoisotopic (exact) mass is 615 g/mol. The predicted octanol–water partition coefficient (Wildman–Crippen LogP) is 9.24. The van der Waals surface area contributed by atoms with Gasteiger partial charge in [-0.15, -0.1) is 23.1 Å². The van der Waals surface area contributed by atoms with Crippen LogP contribution in [0.3, 0.4) is 0 Å². The molecule has 4 aromatic carbocycles. The minimum Gasteiger partial charge on any atom is -0.322 e. The van der Waals surface area contributed by atoms with E-state index in [2.05, 4.69) is 15.6 Å². The van der Waals surface area contributed by atoms with Crippen molar-refractivity contribution in [2.45, 2.75) is 10.1 Å². The highest BCUT2D eigenvalue weighted by atomic mass is 35.5. The van der Waals surface area contributed by atoms with Gasteiger partial charge in [-0.2, -0.15) is 0 Å². The molecule has 1 unspecified atom stereocenters. The molecular weight excluding hydrogens is 593 g/mol. The molecule has 0 aliphatic carbocycles. The molecule has 0 saturated carbocycles. The quantitative estimate of drug-likeness (QED) is 0.128. The van der Waals surface area contributed by atoms with Crippen LogP contribution < -0.4 is 10.6 Å². The number of hydrogen-bond donors (Lipinski definition) is 2. The second kappa shape index (κ2) is 13.7. The molecule has 5 nitrogen and oxygen atoms in total. The van der Waals surface area contributed by atoms with Gasteiger partial charge in [0.05, 0.1) is 15.7 Å². The van der Waals surface area contributed by atoms with Crippen LogP contribution in [0.25, 0.3) is 17.3 Å². The highest BCUT2D eigenvalue weighted by Crippen LogP contribution is 2.38. The largest absolute Gasteiger partial charge is 0.322 e. The van der Waals surface area contributed by atoms with Gasteiger partial charge in [-0.05, 0) is 47.5 Å². The molecule has 5 aromatic rings. The van der Waals surface area contributed by atoms with E-state index >= 15 is 0 Å². The summed E-state index contributed by atoms with van der Waals surface area (Å²) in [5.74, 6) is -0.452. The summed E-state index contributed by atoms with van der Waals surface area (Å²) in [6, 6.07) is 31.9. The molecule has 1 aromatic heterocycles. The van der Waals surface area contributed by atoms with E-state index in [9.17, 15) is 9.59 Å². The summed E-state index contributed by atoms with van der Waals surface area (Å²) in [6.45, 7) is 0. The van der Waals surface area contributed by atoms with Crippen molar-refractivity contribution in [1.82, 2.24) is 4.98 Å². The summed E-state index contributed by atoms with van der Waals surface area (Å²) < 4.78 is 0. The van der Waals surface area contributed by atoms with E-state index in [1.807, 2.05) is 96.4 Å². The topological polar surface area (TPSA) is 71.1 Å². The summed E-state index contributed by atoms with van der Waals surface area (Å²) in [5.41, 5.74) is 3.92. The zero-order chi connectivity index (χ0) is 28.6. The number of hydrogen-bond acceptors (Lipinski definition) is 5. The zero-order valence-electron chi connectivity index (χ0n) is 21.5. The summed E-state index contributed by atoms with van der Waals surface area (Å²) in [4.78, 5) is 31.5. The fourth-order valence-corrected chi connectivity index (χ4v) is 6.00. The van der Waals surface area contributed by atoms with Crippen LogP contribution in [0.1, 0.15) is 16.4 Å². The van der Waals surface area contributed by atoms with Crippen molar-refractivity contribution < 1.29 is 9.59 Å². The van der Waals surface area contributed by atoms with Crippen molar-refractivity contribution in [3.05, 3.63) is 136 Å². The number of benzene rings is 4. The Morgan fingerprint density at radius 2 is 1.59 bits per heavy atom. The summed E-state index contributed by atoms with van der Waals surface area (Å²) in [7, 11) is 0. The maximum absolute atomic E-state index is 13.6. The minimum absolute atomic E-state index is 0.212. The molecule has 0 aliphatic rings. The molecule has 0 fully saturated rings. The van der Waals surface area contributed by atoms with Gasteiger partial charge in [-0.3, -0.25) is 9.59 Å². The van der Waals surface area contributed by atoms with Crippen molar-refractivity contribution in [3.63, 3.8) is 0 Å². The molecule has 41 heavy (non-hydrogen) atoms. The van der Waals surface area contributed by atoms with Gasteiger partial charge in [0.25, 0.3) is 0 Å². The molecule has 2 amide bonds. The van der Waals surface area contributed by atoms with Crippen LogP contribution in [-0.2, 0) is 9.59 Å². The van der Waals surface area contributed by atoms with E-state index in [1.165, 1.54) is 29.2 Å². The first-order chi connectivity index (χ1) is 19.9. The lowest BCUT2D eigenvalue weighted by Crippen LogP contribution is -2.19. The molecule has 1 atom stereocenters. The maximum atomic E-state index is 13.6. The number of aromatic nitrogens is 1. The first-order valence-corrected chi connectivity index (χ1v) is 15.0. The lowest BCUT2D eigenvalue weighted by molar-refractivity contribution is -0.116. The van der Waals surface area contributed by atoms with Gasteiger partial charge in [-0.25, -0.2) is 4.98 Å². The second-order valence-electron chi connectivity index (χ2n) is 8.83. The number of nitrogens with zero attached hydrogens (tertiary/aromatic N) is 1. The molecule has 2 N–H and O–H groups in total. The Hall–Kier alpha value is -3.88. The van der Waals surface area contributed by atoms with E-state index in [0.717, 1.165) is 21.6 Å². The highest BCUT2D eigenvalue weighted by molar-refractivity contribution is 8.00. The van der Waals surface area contributed by atoms with E-state index < -0.39 is 5.25 Å². The number of thiazole rings is 1. The molecule has 0 bridgehead atoms. The third-order valence-corrected chi connectivity index (χ3v) is 8.62. The third-order valence-electron chi connectivity index (χ3n) is 5.87. The molecule has 0 saturated heterocycles. The molecule has 204 valence electrons. The van der Waals surface area contributed by atoms with E-state index in [4.69, 9.17) is 23.2 Å². The van der Waals surface area contributed by atoms with E-state index in [-0.39, 0.29) is 11.8 Å². The summed E-state index contributed by atoms with van der Waals surface area (Å²) in [5, 5.41) is 8.54.